The molecule has 16 heavy (non-hydrogen) atoms. The molecule has 0 bridgehead atoms. The van der Waals surface area contributed by atoms with Crippen molar-refractivity contribution in [1.29, 1.82) is 0 Å². The number of carbonyl (C=O) groups is 1. The van der Waals surface area contributed by atoms with Gasteiger partial charge in [-0.05, 0) is 20.3 Å². The summed E-state index contributed by atoms with van der Waals surface area (Å²) in [6, 6.07) is 0. The highest BCUT2D eigenvalue weighted by Gasteiger charge is 2.28. The smallest absolute Gasteiger partial charge is 0.257 e. The van der Waals surface area contributed by atoms with Crippen LogP contribution in [-0.4, -0.2) is 44.9 Å². The third-order valence-electron chi connectivity index (χ3n) is 3.17. The zero-order chi connectivity index (χ0) is 11.9. The Kier molecular flexibility index (Phi) is 2.71. The molecule has 1 fully saturated rings. The molecule has 0 radical (unpaired) electrons. The highest BCUT2D eigenvalue weighted by atomic mass is 16.3. The highest BCUT2D eigenvalue weighted by molar-refractivity contribution is 5.96. The molecule has 88 valence electrons. The second-order valence-corrected chi connectivity index (χ2v) is 4.36. The van der Waals surface area contributed by atoms with Crippen molar-refractivity contribution >= 4 is 5.91 Å². The van der Waals surface area contributed by atoms with E-state index in [1.165, 1.54) is 0 Å². The van der Waals surface area contributed by atoms with E-state index in [2.05, 4.69) is 5.10 Å². The lowest BCUT2D eigenvalue weighted by molar-refractivity contribution is 0.0763. The van der Waals surface area contributed by atoms with Crippen molar-refractivity contribution in [1.82, 2.24) is 14.7 Å². The van der Waals surface area contributed by atoms with Gasteiger partial charge in [0, 0.05) is 25.8 Å². The minimum atomic E-state index is -0.374. The molecule has 1 atom stereocenters. The summed E-state index contributed by atoms with van der Waals surface area (Å²) in [5.41, 5.74) is 2.31. The SMILES string of the molecule is Cc1nn(C)c(C)c1C(=O)N1CC[C@H](O)C1. The number of aromatic nitrogens is 2. The second-order valence-electron chi connectivity index (χ2n) is 4.36. The molecule has 1 saturated heterocycles. The van der Waals surface area contributed by atoms with Crippen LogP contribution in [0.3, 0.4) is 0 Å². The van der Waals surface area contributed by atoms with Gasteiger partial charge in [-0.3, -0.25) is 9.48 Å². The Bertz CT molecular complexity index is 425. The molecule has 0 spiro atoms. The maximum absolute atomic E-state index is 12.2. The van der Waals surface area contributed by atoms with E-state index in [9.17, 15) is 9.90 Å². The summed E-state index contributed by atoms with van der Waals surface area (Å²) in [6.45, 7) is 4.80. The van der Waals surface area contributed by atoms with Gasteiger partial charge in [-0.15, -0.1) is 0 Å². The van der Waals surface area contributed by atoms with Crippen molar-refractivity contribution in [3.05, 3.63) is 17.0 Å². The van der Waals surface area contributed by atoms with Crippen LogP contribution in [0, 0.1) is 13.8 Å². The molecule has 1 aromatic heterocycles. The van der Waals surface area contributed by atoms with Crippen LogP contribution >= 0.6 is 0 Å². The fourth-order valence-electron chi connectivity index (χ4n) is 2.17. The molecule has 2 heterocycles. The van der Waals surface area contributed by atoms with Crippen LogP contribution in [0.15, 0.2) is 0 Å². The fraction of sp³-hybridized carbons (Fsp3) is 0.636. The first-order valence-corrected chi connectivity index (χ1v) is 5.48. The molecule has 0 saturated carbocycles. The van der Waals surface area contributed by atoms with E-state index < -0.39 is 0 Å². The lowest BCUT2D eigenvalue weighted by Gasteiger charge is -2.15. The number of carbonyl (C=O) groups excluding carboxylic acids is 1. The minimum absolute atomic E-state index is 0.0142. The number of aliphatic hydroxyl groups is 1. The van der Waals surface area contributed by atoms with Crippen molar-refractivity contribution < 1.29 is 9.90 Å². The van der Waals surface area contributed by atoms with Gasteiger partial charge in [0.1, 0.15) is 0 Å². The summed E-state index contributed by atoms with van der Waals surface area (Å²) in [6.07, 6.45) is 0.297. The molecule has 1 aromatic rings. The quantitative estimate of drug-likeness (QED) is 0.742. The molecule has 1 aliphatic heterocycles. The zero-order valence-electron chi connectivity index (χ0n) is 9.90. The summed E-state index contributed by atoms with van der Waals surface area (Å²) in [5.74, 6) is -0.0142. The standard InChI is InChI=1S/C11H17N3O2/c1-7-10(8(2)13(3)12-7)11(16)14-5-4-9(15)6-14/h9,15H,4-6H2,1-3H3/t9-/m0/s1. The Morgan fingerprint density at radius 2 is 2.19 bits per heavy atom. The number of β-amino-alcohol motifs (C(OH)–C–C–N with tert-alkyl or cyclic N) is 1. The first-order valence-electron chi connectivity index (χ1n) is 5.48. The second kappa shape index (κ2) is 3.90. The number of aryl methyl sites for hydroxylation is 2. The number of aliphatic hydroxyl groups excluding tert-OH is 1. The van der Waals surface area contributed by atoms with Crippen LogP contribution in [-0.2, 0) is 7.05 Å². The van der Waals surface area contributed by atoms with Gasteiger partial charge in [0.05, 0.1) is 17.4 Å². The molecule has 0 aromatic carbocycles. The molecule has 0 aliphatic carbocycles. The predicted molar refractivity (Wildman–Crippen MR) is 59.2 cm³/mol. The third-order valence-corrected chi connectivity index (χ3v) is 3.17. The summed E-state index contributed by atoms with van der Waals surface area (Å²) in [4.78, 5) is 13.9. The van der Waals surface area contributed by atoms with Gasteiger partial charge in [-0.1, -0.05) is 0 Å². The van der Waals surface area contributed by atoms with Crippen molar-refractivity contribution in [2.45, 2.75) is 26.4 Å². The highest BCUT2D eigenvalue weighted by Crippen LogP contribution is 2.18. The number of rotatable bonds is 1. The van der Waals surface area contributed by atoms with Crippen LogP contribution < -0.4 is 0 Å². The number of amides is 1. The molecule has 1 amide bonds. The topological polar surface area (TPSA) is 58.4 Å². The number of hydrogen-bond donors (Lipinski definition) is 1. The van der Waals surface area contributed by atoms with Crippen LogP contribution in [0.5, 0.6) is 0 Å². The van der Waals surface area contributed by atoms with Crippen molar-refractivity contribution in [2.75, 3.05) is 13.1 Å². The monoisotopic (exact) mass is 223 g/mol. The maximum atomic E-state index is 12.2. The van der Waals surface area contributed by atoms with Gasteiger partial charge < -0.3 is 10.0 Å². The summed E-state index contributed by atoms with van der Waals surface area (Å²) in [5, 5.41) is 13.7. The van der Waals surface area contributed by atoms with E-state index in [0.717, 1.165) is 11.4 Å². The average Bonchev–Trinajstić information content (AvgIpc) is 2.73. The Balaban J connectivity index is 2.27. The first kappa shape index (κ1) is 11.1. The lowest BCUT2D eigenvalue weighted by atomic mass is 10.2. The number of hydrogen-bond acceptors (Lipinski definition) is 3. The summed E-state index contributed by atoms with van der Waals surface area (Å²) < 4.78 is 1.72. The Labute approximate surface area is 94.7 Å². The van der Waals surface area contributed by atoms with Gasteiger partial charge in [0.15, 0.2) is 0 Å². The lowest BCUT2D eigenvalue weighted by Crippen LogP contribution is -2.30. The summed E-state index contributed by atoms with van der Waals surface area (Å²) in [7, 11) is 1.83. The van der Waals surface area contributed by atoms with E-state index in [-0.39, 0.29) is 12.0 Å². The molecule has 1 N–H and O–H groups in total. The van der Waals surface area contributed by atoms with Crippen LogP contribution in [0.25, 0.3) is 0 Å². The van der Waals surface area contributed by atoms with Crippen LogP contribution in [0.1, 0.15) is 28.2 Å². The number of likely N-dealkylation sites (tertiary alicyclic amines) is 1. The molecule has 0 unspecified atom stereocenters. The van der Waals surface area contributed by atoms with Gasteiger partial charge in [0.25, 0.3) is 5.91 Å². The van der Waals surface area contributed by atoms with Crippen LogP contribution in [0.2, 0.25) is 0 Å². The van der Waals surface area contributed by atoms with Crippen LogP contribution in [0.4, 0.5) is 0 Å². The predicted octanol–water partition coefficient (Wildman–Crippen LogP) is 0.244. The molecular formula is C11H17N3O2. The van der Waals surface area contributed by atoms with E-state index in [1.54, 1.807) is 9.58 Å². The van der Waals surface area contributed by atoms with Gasteiger partial charge >= 0.3 is 0 Å². The normalized spacial score (nSPS) is 20.5. The average molecular weight is 223 g/mol. The Morgan fingerprint density at radius 3 is 2.62 bits per heavy atom. The van der Waals surface area contributed by atoms with E-state index >= 15 is 0 Å². The molecule has 2 rings (SSSR count). The van der Waals surface area contributed by atoms with Crippen molar-refractivity contribution in [3.63, 3.8) is 0 Å². The molecular weight excluding hydrogens is 206 g/mol. The van der Waals surface area contributed by atoms with Gasteiger partial charge in [0.2, 0.25) is 0 Å². The Hall–Kier alpha value is -1.36. The zero-order valence-corrected chi connectivity index (χ0v) is 9.90. The molecule has 1 aliphatic rings. The molecule has 5 nitrogen and oxygen atoms in total. The van der Waals surface area contributed by atoms with Gasteiger partial charge in [-0.25, -0.2) is 0 Å². The van der Waals surface area contributed by atoms with E-state index in [0.29, 0.717) is 25.1 Å². The minimum Gasteiger partial charge on any atom is -0.391 e. The van der Waals surface area contributed by atoms with Crippen molar-refractivity contribution in [3.8, 4) is 0 Å². The maximum Gasteiger partial charge on any atom is 0.257 e. The number of nitrogens with zero attached hydrogens (tertiary/aromatic N) is 3. The van der Waals surface area contributed by atoms with E-state index in [1.807, 2.05) is 20.9 Å². The fourth-order valence-corrected chi connectivity index (χ4v) is 2.17. The van der Waals surface area contributed by atoms with E-state index in [4.69, 9.17) is 0 Å². The third kappa shape index (κ3) is 1.71. The first-order chi connectivity index (χ1) is 7.50. The summed E-state index contributed by atoms with van der Waals surface area (Å²) >= 11 is 0. The van der Waals surface area contributed by atoms with Gasteiger partial charge in [-0.2, -0.15) is 5.10 Å². The molecule has 5 heteroatoms. The largest absolute Gasteiger partial charge is 0.391 e. The Morgan fingerprint density at radius 1 is 1.50 bits per heavy atom. The van der Waals surface area contributed by atoms with Crippen molar-refractivity contribution in [2.24, 2.45) is 7.05 Å².